The Hall–Kier alpha value is -1.29. The molecular weight excluding hydrogens is 202 g/mol. The maximum atomic E-state index is 5.90. The fraction of sp³-hybridized carbons (Fsp3) is 0.583. The Labute approximate surface area is 96.2 Å². The average Bonchev–Trinajstić information content (AvgIpc) is 2.75. The quantitative estimate of drug-likeness (QED) is 0.819. The summed E-state index contributed by atoms with van der Waals surface area (Å²) in [6, 6.07) is 2.18. The van der Waals surface area contributed by atoms with Crippen LogP contribution in [0, 0.1) is 6.92 Å². The topological polar surface area (TPSA) is 60.2 Å². The summed E-state index contributed by atoms with van der Waals surface area (Å²) in [6.45, 7) is 4.96. The van der Waals surface area contributed by atoms with Gasteiger partial charge in [-0.05, 0) is 38.3 Å². The molecule has 0 spiro atoms. The molecule has 1 aromatic rings. The molecule has 1 fully saturated rings. The van der Waals surface area contributed by atoms with Crippen LogP contribution in [0.4, 0.5) is 11.5 Å². The van der Waals surface area contributed by atoms with Gasteiger partial charge in [-0.3, -0.25) is 0 Å². The summed E-state index contributed by atoms with van der Waals surface area (Å²) < 4.78 is 5.62. The Kier molecular flexibility index (Phi) is 3.29. The van der Waals surface area contributed by atoms with Gasteiger partial charge in [-0.15, -0.1) is 0 Å². The lowest BCUT2D eigenvalue weighted by Gasteiger charge is -2.21. The predicted molar refractivity (Wildman–Crippen MR) is 65.4 cm³/mol. The number of aryl methyl sites for hydroxylation is 1. The second-order valence-corrected chi connectivity index (χ2v) is 4.43. The zero-order valence-electron chi connectivity index (χ0n) is 9.86. The smallest absolute Gasteiger partial charge is 0.149 e. The first-order valence-corrected chi connectivity index (χ1v) is 5.77. The van der Waals surface area contributed by atoms with Crippen molar-refractivity contribution in [2.24, 2.45) is 0 Å². The van der Waals surface area contributed by atoms with Gasteiger partial charge in [-0.25, -0.2) is 4.98 Å². The molecule has 1 aliphatic rings. The Morgan fingerprint density at radius 1 is 1.62 bits per heavy atom. The lowest BCUT2D eigenvalue weighted by molar-refractivity contribution is 0.0996. The van der Waals surface area contributed by atoms with Crippen LogP contribution in [0.15, 0.2) is 12.3 Å². The minimum atomic E-state index is 0.250. The third-order valence-electron chi connectivity index (χ3n) is 2.94. The van der Waals surface area contributed by atoms with Crippen molar-refractivity contribution in [1.82, 2.24) is 4.98 Å². The summed E-state index contributed by atoms with van der Waals surface area (Å²) in [5, 5.41) is 3.32. The lowest BCUT2D eigenvalue weighted by atomic mass is 10.1. The van der Waals surface area contributed by atoms with Gasteiger partial charge < -0.3 is 15.8 Å². The van der Waals surface area contributed by atoms with Crippen LogP contribution in [0.5, 0.6) is 0 Å². The Balaban J connectivity index is 2.02. The SMILES string of the molecule is Cc1cnc(NC(C)C2CCCO2)c(N)c1. The lowest BCUT2D eigenvalue weighted by Crippen LogP contribution is -2.30. The van der Waals surface area contributed by atoms with Crippen LogP contribution in [0.1, 0.15) is 25.3 Å². The molecule has 2 rings (SSSR count). The van der Waals surface area contributed by atoms with Crippen LogP contribution in [0.2, 0.25) is 0 Å². The molecule has 3 N–H and O–H groups in total. The molecule has 0 aliphatic carbocycles. The van der Waals surface area contributed by atoms with Crippen LogP contribution in [-0.2, 0) is 4.74 Å². The zero-order valence-corrected chi connectivity index (χ0v) is 9.86. The van der Waals surface area contributed by atoms with Gasteiger partial charge in [-0.2, -0.15) is 0 Å². The molecule has 0 bridgehead atoms. The second-order valence-electron chi connectivity index (χ2n) is 4.43. The van der Waals surface area contributed by atoms with E-state index < -0.39 is 0 Å². The molecule has 88 valence electrons. The highest BCUT2D eigenvalue weighted by Crippen LogP contribution is 2.21. The van der Waals surface area contributed by atoms with E-state index in [4.69, 9.17) is 10.5 Å². The Morgan fingerprint density at radius 3 is 3.06 bits per heavy atom. The van der Waals surface area contributed by atoms with Crippen molar-refractivity contribution in [3.63, 3.8) is 0 Å². The number of nitrogen functional groups attached to an aromatic ring is 1. The van der Waals surface area contributed by atoms with Crippen LogP contribution in [0.3, 0.4) is 0 Å². The Bertz CT molecular complexity index is 361. The van der Waals surface area contributed by atoms with E-state index in [-0.39, 0.29) is 12.1 Å². The molecule has 0 amide bonds. The molecule has 2 heterocycles. The summed E-state index contributed by atoms with van der Waals surface area (Å²) in [5.41, 5.74) is 7.68. The summed E-state index contributed by atoms with van der Waals surface area (Å²) in [7, 11) is 0. The largest absolute Gasteiger partial charge is 0.396 e. The number of nitrogens with two attached hydrogens (primary N) is 1. The number of aromatic nitrogens is 1. The molecule has 2 unspecified atom stereocenters. The second kappa shape index (κ2) is 4.70. The fourth-order valence-corrected chi connectivity index (χ4v) is 2.02. The number of rotatable bonds is 3. The van der Waals surface area contributed by atoms with Crippen LogP contribution in [0.25, 0.3) is 0 Å². The number of nitrogens with zero attached hydrogens (tertiary/aromatic N) is 1. The summed E-state index contributed by atoms with van der Waals surface area (Å²) in [5.74, 6) is 0.758. The van der Waals surface area contributed by atoms with Crippen molar-refractivity contribution in [1.29, 1.82) is 0 Å². The maximum Gasteiger partial charge on any atom is 0.149 e. The zero-order chi connectivity index (χ0) is 11.5. The fourth-order valence-electron chi connectivity index (χ4n) is 2.02. The van der Waals surface area contributed by atoms with E-state index in [2.05, 4.69) is 17.2 Å². The number of ether oxygens (including phenoxy) is 1. The molecule has 0 radical (unpaired) electrons. The Morgan fingerprint density at radius 2 is 2.44 bits per heavy atom. The molecular formula is C12H19N3O. The van der Waals surface area contributed by atoms with E-state index in [0.717, 1.165) is 30.8 Å². The highest BCUT2D eigenvalue weighted by molar-refractivity contribution is 5.62. The van der Waals surface area contributed by atoms with Crippen molar-refractivity contribution >= 4 is 11.5 Å². The third kappa shape index (κ3) is 2.44. The molecule has 1 aliphatic heterocycles. The third-order valence-corrected chi connectivity index (χ3v) is 2.94. The van der Waals surface area contributed by atoms with E-state index >= 15 is 0 Å². The van der Waals surface area contributed by atoms with Gasteiger partial charge in [0.05, 0.1) is 17.8 Å². The van der Waals surface area contributed by atoms with Gasteiger partial charge in [-0.1, -0.05) is 0 Å². The molecule has 1 aromatic heterocycles. The molecule has 2 atom stereocenters. The number of nitrogens with one attached hydrogen (secondary N) is 1. The monoisotopic (exact) mass is 221 g/mol. The van der Waals surface area contributed by atoms with Crippen LogP contribution >= 0.6 is 0 Å². The first-order chi connectivity index (χ1) is 7.66. The van der Waals surface area contributed by atoms with Crippen LogP contribution < -0.4 is 11.1 Å². The van der Waals surface area contributed by atoms with E-state index in [9.17, 15) is 0 Å². The highest BCUT2D eigenvalue weighted by atomic mass is 16.5. The summed E-state index contributed by atoms with van der Waals surface area (Å²) in [4.78, 5) is 4.30. The molecule has 4 heteroatoms. The number of anilines is 2. The van der Waals surface area contributed by atoms with Crippen molar-refractivity contribution < 1.29 is 4.74 Å². The molecule has 1 saturated heterocycles. The van der Waals surface area contributed by atoms with Crippen molar-refractivity contribution in [2.75, 3.05) is 17.7 Å². The standard InChI is InChI=1S/C12H19N3O/c1-8-6-10(13)12(14-7-8)15-9(2)11-4-3-5-16-11/h6-7,9,11H,3-5,13H2,1-2H3,(H,14,15). The van der Waals surface area contributed by atoms with Crippen molar-refractivity contribution in [3.8, 4) is 0 Å². The van der Waals surface area contributed by atoms with E-state index in [1.54, 1.807) is 0 Å². The molecule has 4 nitrogen and oxygen atoms in total. The first kappa shape index (κ1) is 11.2. The molecule has 0 saturated carbocycles. The number of hydrogen-bond acceptors (Lipinski definition) is 4. The maximum absolute atomic E-state index is 5.90. The molecule has 16 heavy (non-hydrogen) atoms. The predicted octanol–water partition coefficient (Wildman–Crippen LogP) is 1.95. The van der Waals surface area contributed by atoms with Gasteiger partial charge in [0.1, 0.15) is 5.82 Å². The van der Waals surface area contributed by atoms with E-state index in [0.29, 0.717) is 5.69 Å². The first-order valence-electron chi connectivity index (χ1n) is 5.77. The van der Waals surface area contributed by atoms with E-state index in [1.807, 2.05) is 19.2 Å². The number of hydrogen-bond donors (Lipinski definition) is 2. The highest BCUT2D eigenvalue weighted by Gasteiger charge is 2.22. The van der Waals surface area contributed by atoms with Crippen LogP contribution in [-0.4, -0.2) is 23.7 Å². The molecule has 0 aromatic carbocycles. The number of pyridine rings is 1. The average molecular weight is 221 g/mol. The van der Waals surface area contributed by atoms with Crippen molar-refractivity contribution in [3.05, 3.63) is 17.8 Å². The minimum absolute atomic E-state index is 0.250. The van der Waals surface area contributed by atoms with E-state index in [1.165, 1.54) is 0 Å². The normalized spacial score (nSPS) is 22.0. The van der Waals surface area contributed by atoms with Gasteiger partial charge >= 0.3 is 0 Å². The van der Waals surface area contributed by atoms with Crippen molar-refractivity contribution in [2.45, 2.75) is 38.8 Å². The summed E-state index contributed by atoms with van der Waals surface area (Å²) in [6.07, 6.45) is 4.36. The van der Waals surface area contributed by atoms with Gasteiger partial charge in [0.2, 0.25) is 0 Å². The minimum Gasteiger partial charge on any atom is -0.396 e. The van der Waals surface area contributed by atoms with Gasteiger partial charge in [0, 0.05) is 12.8 Å². The summed E-state index contributed by atoms with van der Waals surface area (Å²) >= 11 is 0. The van der Waals surface area contributed by atoms with Gasteiger partial charge in [0.15, 0.2) is 0 Å². The van der Waals surface area contributed by atoms with Gasteiger partial charge in [0.25, 0.3) is 0 Å².